The molecule has 1 fully saturated rings. The second-order valence-corrected chi connectivity index (χ2v) is 8.89. The number of carbonyl (C=O) groups is 2. The van der Waals surface area contributed by atoms with Crippen LogP contribution in [0.1, 0.15) is 62.8 Å². The number of rotatable bonds is 10. The number of para-hydroxylation sites is 1. The van der Waals surface area contributed by atoms with Crippen LogP contribution in [-0.2, 0) is 9.59 Å². The van der Waals surface area contributed by atoms with Crippen LogP contribution in [0.3, 0.4) is 0 Å². The third-order valence-electron chi connectivity index (χ3n) is 6.59. The molecule has 1 unspecified atom stereocenters. The molecule has 1 saturated heterocycles. The summed E-state index contributed by atoms with van der Waals surface area (Å²) < 4.78 is 5.40. The van der Waals surface area contributed by atoms with Gasteiger partial charge >= 0.3 is 0 Å². The average Bonchev–Trinajstić information content (AvgIpc) is 3.11. The first-order chi connectivity index (χ1) is 16.3. The van der Waals surface area contributed by atoms with Gasteiger partial charge in [-0.1, -0.05) is 64.1 Å². The molecule has 6 heteroatoms. The molecule has 34 heavy (non-hydrogen) atoms. The summed E-state index contributed by atoms with van der Waals surface area (Å²) in [5.74, 6) is -0.636. The van der Waals surface area contributed by atoms with Gasteiger partial charge in [0.25, 0.3) is 11.7 Å². The summed E-state index contributed by atoms with van der Waals surface area (Å²) in [6.45, 7) is 11.6. The van der Waals surface area contributed by atoms with Crippen molar-refractivity contribution in [1.82, 2.24) is 9.80 Å². The number of likely N-dealkylation sites (tertiary alicyclic amines) is 1. The predicted octanol–water partition coefficient (Wildman–Crippen LogP) is 4.97. The van der Waals surface area contributed by atoms with Gasteiger partial charge in [-0.05, 0) is 55.2 Å². The number of Topliss-reactive ketones (excluding diaryl/α,β-unsaturated/α-hetero) is 1. The van der Waals surface area contributed by atoms with E-state index in [1.807, 2.05) is 24.3 Å². The van der Waals surface area contributed by atoms with Crippen LogP contribution in [0.5, 0.6) is 5.75 Å². The second-order valence-electron chi connectivity index (χ2n) is 8.89. The first-order valence-electron chi connectivity index (χ1n) is 12.1. The lowest BCUT2D eigenvalue weighted by Gasteiger charge is -2.27. The van der Waals surface area contributed by atoms with Crippen molar-refractivity contribution in [3.63, 3.8) is 0 Å². The van der Waals surface area contributed by atoms with Gasteiger partial charge in [0, 0.05) is 6.54 Å². The Labute approximate surface area is 202 Å². The van der Waals surface area contributed by atoms with E-state index in [0.717, 1.165) is 31.6 Å². The summed E-state index contributed by atoms with van der Waals surface area (Å²) in [5.41, 5.74) is 2.49. The van der Waals surface area contributed by atoms with E-state index in [1.165, 1.54) is 12.7 Å². The predicted molar refractivity (Wildman–Crippen MR) is 135 cm³/mol. The number of methoxy groups -OCH3 is 1. The summed E-state index contributed by atoms with van der Waals surface area (Å²) in [4.78, 5) is 30.3. The highest BCUT2D eigenvalue weighted by Crippen LogP contribution is 2.41. The van der Waals surface area contributed by atoms with E-state index in [2.05, 4.69) is 32.6 Å². The molecule has 0 radical (unpaired) electrons. The van der Waals surface area contributed by atoms with Crippen molar-refractivity contribution >= 4 is 17.4 Å². The molecule has 3 rings (SSSR count). The van der Waals surface area contributed by atoms with Crippen molar-refractivity contribution in [3.05, 3.63) is 70.8 Å². The van der Waals surface area contributed by atoms with Gasteiger partial charge in [0.05, 0.1) is 24.3 Å². The fourth-order valence-electron chi connectivity index (χ4n) is 4.51. The third-order valence-corrected chi connectivity index (χ3v) is 6.59. The topological polar surface area (TPSA) is 70.1 Å². The lowest BCUT2D eigenvalue weighted by molar-refractivity contribution is -0.140. The third kappa shape index (κ3) is 5.17. The van der Waals surface area contributed by atoms with E-state index in [1.54, 1.807) is 29.2 Å². The number of carbonyl (C=O) groups excluding carboxylic acids is 2. The average molecular weight is 465 g/mol. The van der Waals surface area contributed by atoms with Gasteiger partial charge in [-0.15, -0.1) is 0 Å². The monoisotopic (exact) mass is 464 g/mol. The quantitative estimate of drug-likeness (QED) is 0.305. The Morgan fingerprint density at radius 3 is 2.29 bits per heavy atom. The van der Waals surface area contributed by atoms with Crippen LogP contribution >= 0.6 is 0 Å². The van der Waals surface area contributed by atoms with Crippen molar-refractivity contribution in [2.75, 3.05) is 33.3 Å². The minimum Gasteiger partial charge on any atom is -0.507 e. The summed E-state index contributed by atoms with van der Waals surface area (Å²) in [5, 5.41) is 11.3. The molecule has 2 aromatic rings. The number of ketones is 1. The van der Waals surface area contributed by atoms with Crippen molar-refractivity contribution in [2.45, 2.75) is 46.1 Å². The molecule has 1 amide bonds. The zero-order valence-corrected chi connectivity index (χ0v) is 20.9. The number of aliphatic hydroxyl groups excluding tert-OH is 1. The number of hydrogen-bond donors (Lipinski definition) is 1. The molecule has 6 nitrogen and oxygen atoms in total. The molecule has 1 atom stereocenters. The van der Waals surface area contributed by atoms with Crippen molar-refractivity contribution in [1.29, 1.82) is 0 Å². The number of benzene rings is 2. The lowest BCUT2D eigenvalue weighted by Crippen LogP contribution is -2.33. The molecular weight excluding hydrogens is 428 g/mol. The Hall–Kier alpha value is -3.12. The van der Waals surface area contributed by atoms with Gasteiger partial charge < -0.3 is 19.6 Å². The van der Waals surface area contributed by atoms with E-state index in [0.29, 0.717) is 23.8 Å². The molecule has 2 aromatic carbocycles. The Kier molecular flexibility index (Phi) is 8.51. The smallest absolute Gasteiger partial charge is 0.295 e. The maximum atomic E-state index is 13.2. The van der Waals surface area contributed by atoms with Gasteiger partial charge in [0.2, 0.25) is 0 Å². The SMILES string of the molecule is CCN(CC)CCCN1C(=O)C(=O)/C(=C(/O)c2ccccc2OC)C1c1ccc(C(C)C)cc1. The van der Waals surface area contributed by atoms with Crippen LogP contribution in [0, 0.1) is 0 Å². The maximum absolute atomic E-state index is 13.2. The largest absolute Gasteiger partial charge is 0.507 e. The van der Waals surface area contributed by atoms with Crippen molar-refractivity contribution in [2.24, 2.45) is 0 Å². The van der Waals surface area contributed by atoms with Crippen LogP contribution in [0.2, 0.25) is 0 Å². The summed E-state index contributed by atoms with van der Waals surface area (Å²) in [6.07, 6.45) is 0.740. The number of nitrogens with zero attached hydrogens (tertiary/aromatic N) is 2. The van der Waals surface area contributed by atoms with Crippen LogP contribution < -0.4 is 4.74 Å². The molecule has 0 aliphatic carbocycles. The fraction of sp³-hybridized carbons (Fsp3) is 0.429. The Morgan fingerprint density at radius 1 is 1.06 bits per heavy atom. The van der Waals surface area contributed by atoms with Gasteiger partial charge in [-0.3, -0.25) is 9.59 Å². The van der Waals surface area contributed by atoms with Gasteiger partial charge in [0.15, 0.2) is 0 Å². The molecular formula is C28H36N2O4. The van der Waals surface area contributed by atoms with Crippen LogP contribution in [0.4, 0.5) is 0 Å². The highest BCUT2D eigenvalue weighted by molar-refractivity contribution is 6.46. The van der Waals surface area contributed by atoms with Crippen molar-refractivity contribution in [3.8, 4) is 5.75 Å². The van der Waals surface area contributed by atoms with E-state index in [4.69, 9.17) is 4.74 Å². The lowest BCUT2D eigenvalue weighted by atomic mass is 9.93. The Morgan fingerprint density at radius 2 is 1.71 bits per heavy atom. The first kappa shape index (κ1) is 25.5. The zero-order chi connectivity index (χ0) is 24.8. The zero-order valence-electron chi connectivity index (χ0n) is 20.9. The van der Waals surface area contributed by atoms with Gasteiger partial charge in [-0.2, -0.15) is 0 Å². The van der Waals surface area contributed by atoms with Crippen LogP contribution in [0.15, 0.2) is 54.1 Å². The molecule has 1 aliphatic rings. The van der Waals surface area contributed by atoms with E-state index < -0.39 is 17.7 Å². The van der Waals surface area contributed by atoms with Gasteiger partial charge in [0.1, 0.15) is 11.5 Å². The minimum absolute atomic E-state index is 0.106. The normalized spacial score (nSPS) is 17.7. The molecule has 0 aromatic heterocycles. The first-order valence-corrected chi connectivity index (χ1v) is 12.1. The number of amides is 1. The van der Waals surface area contributed by atoms with Crippen molar-refractivity contribution < 1.29 is 19.4 Å². The Balaban J connectivity index is 2.07. The van der Waals surface area contributed by atoms with Crippen LogP contribution in [0.25, 0.3) is 5.76 Å². The van der Waals surface area contributed by atoms with Crippen LogP contribution in [-0.4, -0.2) is 59.9 Å². The summed E-state index contributed by atoms with van der Waals surface area (Å²) in [7, 11) is 1.51. The number of hydrogen-bond acceptors (Lipinski definition) is 5. The van der Waals surface area contributed by atoms with Gasteiger partial charge in [-0.25, -0.2) is 0 Å². The summed E-state index contributed by atoms with van der Waals surface area (Å²) in [6, 6.07) is 14.3. The molecule has 1 heterocycles. The summed E-state index contributed by atoms with van der Waals surface area (Å²) >= 11 is 0. The number of ether oxygens (including phenoxy) is 1. The standard InChI is InChI=1S/C28H36N2O4/c1-6-29(7-2)17-10-18-30-25(21-15-13-20(14-16-21)19(3)4)24(27(32)28(30)33)26(31)22-11-8-9-12-23(22)34-5/h8-9,11-16,19,25,31H,6-7,10,17-18H2,1-5H3/b26-24+. The fourth-order valence-corrected chi connectivity index (χ4v) is 4.51. The molecule has 0 spiro atoms. The highest BCUT2D eigenvalue weighted by atomic mass is 16.5. The van der Waals surface area contributed by atoms with E-state index in [-0.39, 0.29) is 11.3 Å². The molecule has 182 valence electrons. The molecule has 1 N–H and O–H groups in total. The molecule has 0 saturated carbocycles. The highest BCUT2D eigenvalue weighted by Gasteiger charge is 2.46. The van der Waals surface area contributed by atoms with E-state index >= 15 is 0 Å². The molecule has 1 aliphatic heterocycles. The second kappa shape index (κ2) is 11.3. The maximum Gasteiger partial charge on any atom is 0.295 e. The molecule has 0 bridgehead atoms. The minimum atomic E-state index is -0.663. The number of aliphatic hydroxyl groups is 1. The van der Waals surface area contributed by atoms with E-state index in [9.17, 15) is 14.7 Å². The Bertz CT molecular complexity index is 1040.